The van der Waals surface area contributed by atoms with Crippen molar-refractivity contribution in [1.82, 2.24) is 16.2 Å². The molecule has 23 heavy (non-hydrogen) atoms. The SMILES string of the molecule is O=C(NNC(=S)N[C@H]1C[C@H]2CC[C@H]1C2)c1ccc2c(c1)OCO2. The Morgan fingerprint density at radius 2 is 2.00 bits per heavy atom. The minimum absolute atomic E-state index is 0.191. The van der Waals surface area contributed by atoms with Crippen molar-refractivity contribution in [2.24, 2.45) is 11.8 Å². The molecular formula is C16H19N3O3S. The number of hydrogen-bond donors (Lipinski definition) is 3. The van der Waals surface area contributed by atoms with Crippen molar-refractivity contribution < 1.29 is 14.3 Å². The van der Waals surface area contributed by atoms with Crippen LogP contribution < -0.4 is 25.6 Å². The highest BCUT2D eigenvalue weighted by Gasteiger charge is 2.39. The minimum atomic E-state index is -0.264. The van der Waals surface area contributed by atoms with Crippen LogP contribution in [0.3, 0.4) is 0 Å². The number of carbonyl (C=O) groups excluding carboxylic acids is 1. The second kappa shape index (κ2) is 5.88. The maximum Gasteiger partial charge on any atom is 0.269 e. The first-order chi connectivity index (χ1) is 11.2. The van der Waals surface area contributed by atoms with E-state index in [1.807, 2.05) is 0 Å². The van der Waals surface area contributed by atoms with Crippen molar-refractivity contribution in [3.8, 4) is 11.5 Å². The van der Waals surface area contributed by atoms with Gasteiger partial charge in [0.25, 0.3) is 5.91 Å². The van der Waals surface area contributed by atoms with Gasteiger partial charge in [-0.25, -0.2) is 0 Å². The van der Waals surface area contributed by atoms with Crippen LogP contribution in [-0.2, 0) is 0 Å². The summed E-state index contributed by atoms with van der Waals surface area (Å²) >= 11 is 5.27. The molecule has 7 heteroatoms. The van der Waals surface area contributed by atoms with Gasteiger partial charge in [0.05, 0.1) is 0 Å². The van der Waals surface area contributed by atoms with E-state index in [9.17, 15) is 4.79 Å². The van der Waals surface area contributed by atoms with E-state index in [2.05, 4.69) is 16.2 Å². The topological polar surface area (TPSA) is 71.6 Å². The highest BCUT2D eigenvalue weighted by atomic mass is 32.1. The van der Waals surface area contributed by atoms with E-state index >= 15 is 0 Å². The van der Waals surface area contributed by atoms with Gasteiger partial charge in [-0.3, -0.25) is 15.6 Å². The van der Waals surface area contributed by atoms with Crippen molar-refractivity contribution >= 4 is 23.2 Å². The molecule has 2 bridgehead atoms. The molecule has 0 aromatic heterocycles. The van der Waals surface area contributed by atoms with Crippen LogP contribution in [0, 0.1) is 11.8 Å². The normalized spacial score (nSPS) is 26.9. The molecule has 2 aliphatic carbocycles. The van der Waals surface area contributed by atoms with Crippen LogP contribution in [0.25, 0.3) is 0 Å². The standard InChI is InChI=1S/C16H19N3O3S/c20-15(11-3-4-13-14(7-11)22-8-21-13)18-19-16(23)17-12-6-9-1-2-10(12)5-9/h3-4,7,9-10,12H,1-2,5-6,8H2,(H,18,20)(H2,17,19,23)/t9-,10-,12-/m0/s1. The number of fused-ring (bicyclic) bond motifs is 3. The lowest BCUT2D eigenvalue weighted by Crippen LogP contribution is -2.50. The van der Waals surface area contributed by atoms with Gasteiger partial charge in [0.2, 0.25) is 6.79 Å². The predicted molar refractivity (Wildman–Crippen MR) is 88.1 cm³/mol. The van der Waals surface area contributed by atoms with Crippen LogP contribution in [0.15, 0.2) is 18.2 Å². The molecule has 0 radical (unpaired) electrons. The largest absolute Gasteiger partial charge is 0.454 e. The number of carbonyl (C=O) groups is 1. The van der Waals surface area contributed by atoms with Gasteiger partial charge in [-0.1, -0.05) is 6.42 Å². The molecule has 1 heterocycles. The number of amides is 1. The fourth-order valence-electron chi connectivity index (χ4n) is 3.85. The lowest BCUT2D eigenvalue weighted by Gasteiger charge is -2.24. The smallest absolute Gasteiger partial charge is 0.269 e. The van der Waals surface area contributed by atoms with Gasteiger partial charge in [0.15, 0.2) is 16.6 Å². The third kappa shape index (κ3) is 2.93. The number of hydrazine groups is 1. The van der Waals surface area contributed by atoms with Gasteiger partial charge in [0, 0.05) is 11.6 Å². The molecule has 0 saturated heterocycles. The highest BCUT2D eigenvalue weighted by molar-refractivity contribution is 7.80. The molecule has 6 nitrogen and oxygen atoms in total. The minimum Gasteiger partial charge on any atom is -0.454 e. The Hall–Kier alpha value is -2.02. The number of benzene rings is 1. The Labute approximate surface area is 139 Å². The van der Waals surface area contributed by atoms with Crippen LogP contribution in [-0.4, -0.2) is 23.9 Å². The van der Waals surface area contributed by atoms with Crippen molar-refractivity contribution in [2.75, 3.05) is 6.79 Å². The third-order valence-electron chi connectivity index (χ3n) is 4.98. The Morgan fingerprint density at radius 1 is 1.13 bits per heavy atom. The van der Waals surface area contributed by atoms with Gasteiger partial charge in [-0.2, -0.15) is 0 Å². The first kappa shape index (κ1) is 14.6. The van der Waals surface area contributed by atoms with Gasteiger partial charge in [-0.05, 0) is 61.5 Å². The van der Waals surface area contributed by atoms with E-state index < -0.39 is 0 Å². The summed E-state index contributed by atoms with van der Waals surface area (Å²) in [4.78, 5) is 12.2. The van der Waals surface area contributed by atoms with Crippen molar-refractivity contribution in [2.45, 2.75) is 31.7 Å². The summed E-state index contributed by atoms with van der Waals surface area (Å²) in [5, 5.41) is 3.79. The summed E-state index contributed by atoms with van der Waals surface area (Å²) in [6, 6.07) is 5.52. The maximum absolute atomic E-state index is 12.2. The van der Waals surface area contributed by atoms with Gasteiger partial charge >= 0.3 is 0 Å². The molecule has 3 N–H and O–H groups in total. The van der Waals surface area contributed by atoms with Gasteiger partial charge < -0.3 is 14.8 Å². The fourth-order valence-corrected chi connectivity index (χ4v) is 4.05. The first-order valence-corrected chi connectivity index (χ1v) is 8.36. The zero-order valence-electron chi connectivity index (χ0n) is 12.6. The number of thiocarbonyl (C=S) groups is 1. The third-order valence-corrected chi connectivity index (χ3v) is 5.20. The van der Waals surface area contributed by atoms with Crippen molar-refractivity contribution in [3.05, 3.63) is 23.8 Å². The fraction of sp³-hybridized carbons (Fsp3) is 0.500. The quantitative estimate of drug-likeness (QED) is 0.565. The van der Waals surface area contributed by atoms with E-state index in [-0.39, 0.29) is 12.7 Å². The lowest BCUT2D eigenvalue weighted by molar-refractivity contribution is 0.0943. The number of rotatable bonds is 2. The molecule has 1 aromatic carbocycles. The monoisotopic (exact) mass is 333 g/mol. The molecule has 3 atom stereocenters. The molecule has 122 valence electrons. The van der Waals surface area contributed by atoms with Crippen LogP contribution >= 0.6 is 12.2 Å². The second-order valence-electron chi connectivity index (χ2n) is 6.40. The van der Waals surface area contributed by atoms with Crippen LogP contribution in [0.4, 0.5) is 0 Å². The van der Waals surface area contributed by atoms with E-state index in [1.165, 1.54) is 25.7 Å². The Kier molecular flexibility index (Phi) is 3.72. The maximum atomic E-state index is 12.2. The highest BCUT2D eigenvalue weighted by Crippen LogP contribution is 2.44. The van der Waals surface area contributed by atoms with Gasteiger partial charge in [-0.15, -0.1) is 0 Å². The molecule has 3 aliphatic rings. The van der Waals surface area contributed by atoms with Gasteiger partial charge in [0.1, 0.15) is 0 Å². The van der Waals surface area contributed by atoms with Crippen LogP contribution in [0.5, 0.6) is 11.5 Å². The lowest BCUT2D eigenvalue weighted by atomic mass is 9.96. The number of ether oxygens (including phenoxy) is 2. The van der Waals surface area contributed by atoms with E-state index in [0.29, 0.717) is 28.2 Å². The zero-order chi connectivity index (χ0) is 15.8. The average molecular weight is 333 g/mol. The summed E-state index contributed by atoms with van der Waals surface area (Å²) in [7, 11) is 0. The average Bonchev–Trinajstić information content (AvgIpc) is 3.27. The predicted octanol–water partition coefficient (Wildman–Crippen LogP) is 1.71. The summed E-state index contributed by atoms with van der Waals surface area (Å²) in [5.74, 6) is 2.55. The zero-order valence-corrected chi connectivity index (χ0v) is 13.4. The Bertz CT molecular complexity index is 651. The van der Waals surface area contributed by atoms with E-state index in [1.54, 1.807) is 18.2 Å². The summed E-state index contributed by atoms with van der Waals surface area (Å²) in [5.41, 5.74) is 5.89. The van der Waals surface area contributed by atoms with Crippen molar-refractivity contribution in [1.29, 1.82) is 0 Å². The number of nitrogens with one attached hydrogen (secondary N) is 3. The number of hydrogen-bond acceptors (Lipinski definition) is 4. The van der Waals surface area contributed by atoms with Crippen molar-refractivity contribution in [3.63, 3.8) is 0 Å². The molecule has 1 aromatic rings. The molecule has 2 fully saturated rings. The van der Waals surface area contributed by atoms with E-state index in [0.717, 1.165) is 11.8 Å². The van der Waals surface area contributed by atoms with E-state index in [4.69, 9.17) is 21.7 Å². The molecule has 0 unspecified atom stereocenters. The Balaban J connectivity index is 1.28. The Morgan fingerprint density at radius 3 is 2.78 bits per heavy atom. The molecule has 4 rings (SSSR count). The summed E-state index contributed by atoms with van der Waals surface area (Å²) in [6.45, 7) is 0.191. The summed E-state index contributed by atoms with van der Waals surface area (Å²) < 4.78 is 10.5. The van der Waals surface area contributed by atoms with Crippen LogP contribution in [0.2, 0.25) is 0 Å². The molecular weight excluding hydrogens is 314 g/mol. The molecule has 1 aliphatic heterocycles. The summed E-state index contributed by atoms with van der Waals surface area (Å²) in [6.07, 6.45) is 5.13. The molecule has 1 amide bonds. The van der Waals surface area contributed by atoms with Crippen LogP contribution in [0.1, 0.15) is 36.0 Å². The molecule has 0 spiro atoms. The second-order valence-corrected chi connectivity index (χ2v) is 6.81. The first-order valence-electron chi connectivity index (χ1n) is 7.95. The molecule has 2 saturated carbocycles.